The maximum absolute atomic E-state index is 16.6. The van der Waals surface area contributed by atoms with E-state index in [4.69, 9.17) is 27.1 Å². The van der Waals surface area contributed by atoms with Gasteiger partial charge in [-0.05, 0) is 51.4 Å². The fourth-order valence-corrected chi connectivity index (χ4v) is 7.38. The number of nitrogens with two attached hydrogens (primary N) is 1. The number of likely N-dealkylation sites (tertiary alicyclic amines) is 1. The monoisotopic (exact) mass is 553 g/mol. The molecule has 0 spiro atoms. The Bertz CT molecular complexity index is 1530. The van der Waals surface area contributed by atoms with Gasteiger partial charge in [-0.2, -0.15) is 9.97 Å². The smallest absolute Gasteiger partial charge is 0.319 e. The number of benzene rings is 2. The summed E-state index contributed by atoms with van der Waals surface area (Å²) < 4.78 is 23.6. The second-order valence-electron chi connectivity index (χ2n) is 10.5. The first-order chi connectivity index (χ1) is 18.5. The number of halogens is 2. The van der Waals surface area contributed by atoms with Crippen molar-refractivity contribution in [3.8, 4) is 17.1 Å². The van der Waals surface area contributed by atoms with Gasteiger partial charge in [0.15, 0.2) is 10.9 Å². The van der Waals surface area contributed by atoms with Crippen LogP contribution < -0.4 is 20.7 Å². The number of hydrogen-bond acceptors (Lipinski definition) is 9. The topological polar surface area (TPSA) is 92.4 Å². The van der Waals surface area contributed by atoms with Crippen LogP contribution >= 0.6 is 22.9 Å². The van der Waals surface area contributed by atoms with Gasteiger partial charge in [0.2, 0.25) is 0 Å². The standard InChI is InChI=1S/C27H29ClFN7OS/c1-35-9-3-4-16(35)13-37-27-33-24-18(25(34-27)36-14-7-8-15(36)12-31-11-14)10-19(28)21(22(24)29)17-5-2-6-20-23(17)32-26(30)38-20/h2,5-6,10,14-16,31H,3-4,7-9,11-13H2,1H3,(H2,30,32)/t14-,15+,16-/m0/s1. The van der Waals surface area contributed by atoms with E-state index in [2.05, 4.69) is 32.1 Å². The summed E-state index contributed by atoms with van der Waals surface area (Å²) in [4.78, 5) is 18.6. The van der Waals surface area contributed by atoms with Crippen molar-refractivity contribution in [3.63, 3.8) is 0 Å². The Labute approximate surface area is 229 Å². The predicted molar refractivity (Wildman–Crippen MR) is 151 cm³/mol. The maximum atomic E-state index is 16.6. The molecule has 0 amide bonds. The molecule has 0 aliphatic carbocycles. The number of hydrogen-bond donors (Lipinski definition) is 2. The van der Waals surface area contributed by atoms with Gasteiger partial charge in [-0.1, -0.05) is 35.1 Å². The summed E-state index contributed by atoms with van der Waals surface area (Å²) in [6.45, 7) is 3.25. The number of fused-ring (bicyclic) bond motifs is 4. The minimum atomic E-state index is -0.500. The Morgan fingerprint density at radius 1 is 1.16 bits per heavy atom. The van der Waals surface area contributed by atoms with Crippen LogP contribution in [0.3, 0.4) is 0 Å². The number of likely N-dealkylation sites (N-methyl/N-ethyl adjacent to an activating group) is 1. The van der Waals surface area contributed by atoms with E-state index in [1.165, 1.54) is 11.3 Å². The molecule has 2 aromatic carbocycles. The summed E-state index contributed by atoms with van der Waals surface area (Å²) in [7, 11) is 2.10. The normalized spacial score (nSPS) is 23.7. The van der Waals surface area contributed by atoms with Crippen LogP contribution in [-0.2, 0) is 0 Å². The van der Waals surface area contributed by atoms with Gasteiger partial charge in [-0.25, -0.2) is 9.37 Å². The van der Waals surface area contributed by atoms with Crippen molar-refractivity contribution in [1.82, 2.24) is 25.2 Å². The van der Waals surface area contributed by atoms with Crippen LogP contribution in [-0.4, -0.2) is 71.3 Å². The van der Waals surface area contributed by atoms with E-state index in [1.54, 1.807) is 6.07 Å². The first-order valence-corrected chi connectivity index (χ1v) is 14.3. The van der Waals surface area contributed by atoms with Crippen LogP contribution in [0.2, 0.25) is 5.02 Å². The van der Waals surface area contributed by atoms with Crippen LogP contribution in [0.1, 0.15) is 25.7 Å². The molecule has 4 aromatic rings. The van der Waals surface area contributed by atoms with Gasteiger partial charge >= 0.3 is 6.01 Å². The Hall–Kier alpha value is -2.79. The van der Waals surface area contributed by atoms with Crippen molar-refractivity contribution in [2.24, 2.45) is 0 Å². The Kier molecular flexibility index (Phi) is 6.03. The van der Waals surface area contributed by atoms with E-state index in [0.29, 0.717) is 45.1 Å². The fraction of sp³-hybridized carbons (Fsp3) is 0.444. The number of nitrogens with zero attached hydrogens (tertiary/aromatic N) is 5. The van der Waals surface area contributed by atoms with E-state index in [-0.39, 0.29) is 29.2 Å². The lowest BCUT2D eigenvalue weighted by atomic mass is 10.0. The summed E-state index contributed by atoms with van der Waals surface area (Å²) in [6.07, 6.45) is 4.33. The predicted octanol–water partition coefficient (Wildman–Crippen LogP) is 4.69. The lowest BCUT2D eigenvalue weighted by Crippen LogP contribution is -2.52. The largest absolute Gasteiger partial charge is 0.462 e. The SMILES string of the molecule is CN1CCC[C@H]1COc1nc(N2[C@@H]3CC[C@H]2CNC3)c2cc(Cl)c(-c3cccc4sc(N)nc34)c(F)c2n1. The highest BCUT2D eigenvalue weighted by Crippen LogP contribution is 2.43. The molecular weight excluding hydrogens is 525 g/mol. The molecule has 11 heteroatoms. The zero-order chi connectivity index (χ0) is 26.0. The minimum Gasteiger partial charge on any atom is -0.462 e. The summed E-state index contributed by atoms with van der Waals surface area (Å²) in [6, 6.07) is 8.49. The summed E-state index contributed by atoms with van der Waals surface area (Å²) >= 11 is 8.20. The number of nitrogen functional groups attached to an aromatic ring is 1. The molecule has 0 saturated carbocycles. The second-order valence-corrected chi connectivity index (χ2v) is 12.0. The van der Waals surface area contributed by atoms with Crippen LogP contribution in [0.25, 0.3) is 32.2 Å². The highest BCUT2D eigenvalue weighted by atomic mass is 35.5. The van der Waals surface area contributed by atoms with E-state index in [0.717, 1.165) is 50.0 Å². The molecule has 7 rings (SSSR count). The van der Waals surface area contributed by atoms with Crippen molar-refractivity contribution in [2.45, 2.75) is 43.8 Å². The molecule has 0 radical (unpaired) electrons. The zero-order valence-corrected chi connectivity index (χ0v) is 22.7. The number of rotatable bonds is 5. The number of thiazole rings is 1. The molecule has 3 fully saturated rings. The van der Waals surface area contributed by atoms with Gasteiger partial charge in [0.05, 0.1) is 15.2 Å². The van der Waals surface area contributed by atoms with Gasteiger partial charge in [-0.15, -0.1) is 0 Å². The molecule has 2 bridgehead atoms. The second kappa shape index (κ2) is 9.44. The van der Waals surface area contributed by atoms with Crippen LogP contribution in [0.15, 0.2) is 24.3 Å². The van der Waals surface area contributed by atoms with Gasteiger partial charge in [0, 0.05) is 47.7 Å². The number of ether oxygens (including phenoxy) is 1. The number of aromatic nitrogens is 3. The van der Waals surface area contributed by atoms with Crippen molar-refractivity contribution in [2.75, 3.05) is 43.9 Å². The van der Waals surface area contributed by atoms with E-state index < -0.39 is 5.82 Å². The van der Waals surface area contributed by atoms with E-state index in [9.17, 15) is 0 Å². The van der Waals surface area contributed by atoms with Crippen molar-refractivity contribution < 1.29 is 9.13 Å². The third kappa shape index (κ3) is 3.97. The summed E-state index contributed by atoms with van der Waals surface area (Å²) in [5.74, 6) is 0.197. The van der Waals surface area contributed by atoms with Crippen LogP contribution in [0.4, 0.5) is 15.3 Å². The molecule has 3 aliphatic heterocycles. The molecule has 8 nitrogen and oxygen atoms in total. The molecule has 0 unspecified atom stereocenters. The lowest BCUT2D eigenvalue weighted by molar-refractivity contribution is 0.188. The average molecular weight is 554 g/mol. The Balaban J connectivity index is 1.40. The minimum absolute atomic E-state index is 0.203. The third-order valence-electron chi connectivity index (χ3n) is 8.25. The molecule has 3 aliphatic rings. The zero-order valence-electron chi connectivity index (χ0n) is 21.1. The van der Waals surface area contributed by atoms with Gasteiger partial charge in [-0.3, -0.25) is 0 Å². The first kappa shape index (κ1) is 24.3. The average Bonchev–Trinajstić information content (AvgIpc) is 3.56. The van der Waals surface area contributed by atoms with E-state index in [1.807, 2.05) is 18.2 Å². The number of anilines is 2. The molecule has 3 N–H and O–H groups in total. The van der Waals surface area contributed by atoms with Gasteiger partial charge in [0.1, 0.15) is 17.9 Å². The first-order valence-electron chi connectivity index (χ1n) is 13.1. The molecule has 38 heavy (non-hydrogen) atoms. The quantitative estimate of drug-likeness (QED) is 0.367. The number of para-hydroxylation sites is 1. The lowest BCUT2D eigenvalue weighted by Gasteiger charge is -2.37. The number of piperazine rings is 1. The van der Waals surface area contributed by atoms with Crippen LogP contribution in [0.5, 0.6) is 6.01 Å². The van der Waals surface area contributed by atoms with Gasteiger partial charge in [0.25, 0.3) is 0 Å². The molecule has 2 aromatic heterocycles. The maximum Gasteiger partial charge on any atom is 0.319 e. The molecule has 3 atom stereocenters. The van der Waals surface area contributed by atoms with Crippen LogP contribution in [0, 0.1) is 5.82 Å². The third-order valence-corrected chi connectivity index (χ3v) is 9.40. The fourth-order valence-electron chi connectivity index (χ4n) is 6.32. The van der Waals surface area contributed by atoms with E-state index >= 15 is 4.39 Å². The highest BCUT2D eigenvalue weighted by Gasteiger charge is 2.39. The van der Waals surface area contributed by atoms with Gasteiger partial charge < -0.3 is 25.6 Å². The summed E-state index contributed by atoms with van der Waals surface area (Å²) in [5, 5.41) is 4.83. The molecule has 3 saturated heterocycles. The Morgan fingerprint density at radius 2 is 1.97 bits per heavy atom. The highest BCUT2D eigenvalue weighted by molar-refractivity contribution is 7.22. The molecule has 198 valence electrons. The van der Waals surface area contributed by atoms with Crippen molar-refractivity contribution in [1.29, 1.82) is 0 Å². The molecular formula is C27H29ClFN7OS. The summed E-state index contributed by atoms with van der Waals surface area (Å²) in [5.41, 5.74) is 7.69. The Morgan fingerprint density at radius 3 is 2.74 bits per heavy atom. The number of nitrogens with one attached hydrogen (secondary N) is 1. The molecule has 5 heterocycles. The van der Waals surface area contributed by atoms with Crippen molar-refractivity contribution >= 4 is 55.0 Å². The van der Waals surface area contributed by atoms with Crippen molar-refractivity contribution in [3.05, 3.63) is 35.1 Å².